The van der Waals surface area contributed by atoms with Crippen LogP contribution in [0.1, 0.15) is 31.1 Å². The summed E-state index contributed by atoms with van der Waals surface area (Å²) in [5.74, 6) is -0.223. The van der Waals surface area contributed by atoms with Gasteiger partial charge < -0.3 is 21.1 Å². The maximum absolute atomic E-state index is 12.1. The number of benzene rings is 1. The van der Waals surface area contributed by atoms with Gasteiger partial charge in [0.1, 0.15) is 11.8 Å². The van der Waals surface area contributed by atoms with Gasteiger partial charge >= 0.3 is 0 Å². The molecular weight excluding hydrogens is 258 g/mol. The predicted octanol–water partition coefficient (Wildman–Crippen LogP) is 0.920. The van der Waals surface area contributed by atoms with Gasteiger partial charge in [0.2, 0.25) is 5.91 Å². The molecule has 0 aliphatic carbocycles. The van der Waals surface area contributed by atoms with Crippen LogP contribution in [0.3, 0.4) is 0 Å². The van der Waals surface area contributed by atoms with E-state index in [0.717, 1.165) is 0 Å². The molecular formula is C14H21N3O3. The number of nitrogen functional groups attached to an aromatic ring is 1. The zero-order chi connectivity index (χ0) is 15.3. The summed E-state index contributed by atoms with van der Waals surface area (Å²) in [7, 11) is 1.48. The van der Waals surface area contributed by atoms with Crippen LogP contribution in [0.4, 0.5) is 5.69 Å². The second-order valence-corrected chi connectivity index (χ2v) is 4.78. The van der Waals surface area contributed by atoms with Gasteiger partial charge in [0.25, 0.3) is 5.91 Å². The maximum Gasteiger partial charge on any atom is 0.254 e. The number of nitrogens with one attached hydrogen (secondary N) is 2. The molecule has 0 fully saturated rings. The van der Waals surface area contributed by atoms with Crippen molar-refractivity contribution in [3.8, 4) is 5.75 Å². The van der Waals surface area contributed by atoms with Crippen molar-refractivity contribution < 1.29 is 14.3 Å². The lowest BCUT2D eigenvalue weighted by molar-refractivity contribution is -0.123. The van der Waals surface area contributed by atoms with Gasteiger partial charge in [-0.2, -0.15) is 0 Å². The number of ether oxygens (including phenoxy) is 1. The highest BCUT2D eigenvalue weighted by molar-refractivity contribution is 6.02. The Morgan fingerprint density at radius 3 is 2.40 bits per heavy atom. The lowest BCUT2D eigenvalue weighted by Crippen LogP contribution is -2.46. The SMILES string of the molecule is COc1cccc(C(=O)NC(C)C(=O)NC(C)C)c1N. The highest BCUT2D eigenvalue weighted by atomic mass is 16.5. The van der Waals surface area contributed by atoms with Crippen LogP contribution in [0.5, 0.6) is 5.75 Å². The molecule has 6 nitrogen and oxygen atoms in total. The van der Waals surface area contributed by atoms with Crippen molar-refractivity contribution in [1.29, 1.82) is 0 Å². The molecule has 0 saturated heterocycles. The maximum atomic E-state index is 12.1. The molecule has 1 aromatic rings. The van der Waals surface area contributed by atoms with Crippen LogP contribution in [0, 0.1) is 0 Å². The predicted molar refractivity (Wildman–Crippen MR) is 77.6 cm³/mol. The topological polar surface area (TPSA) is 93.4 Å². The van der Waals surface area contributed by atoms with Gasteiger partial charge in [-0.25, -0.2) is 0 Å². The molecule has 1 aromatic carbocycles. The Kier molecular flexibility index (Phi) is 5.37. The van der Waals surface area contributed by atoms with Crippen LogP contribution in [0.25, 0.3) is 0 Å². The van der Waals surface area contributed by atoms with Crippen LogP contribution < -0.4 is 21.1 Å². The van der Waals surface area contributed by atoms with Gasteiger partial charge in [-0.3, -0.25) is 9.59 Å². The normalized spacial score (nSPS) is 11.8. The number of methoxy groups -OCH3 is 1. The number of nitrogens with two attached hydrogens (primary N) is 1. The van der Waals surface area contributed by atoms with Gasteiger partial charge in [0.05, 0.1) is 18.4 Å². The minimum Gasteiger partial charge on any atom is -0.495 e. The van der Waals surface area contributed by atoms with Gasteiger partial charge in [-0.15, -0.1) is 0 Å². The van der Waals surface area contributed by atoms with E-state index >= 15 is 0 Å². The molecule has 0 bridgehead atoms. The quantitative estimate of drug-likeness (QED) is 0.699. The van der Waals surface area contributed by atoms with Crippen LogP contribution >= 0.6 is 0 Å². The summed E-state index contributed by atoms with van der Waals surface area (Å²) in [5.41, 5.74) is 6.38. The van der Waals surface area contributed by atoms with Crippen molar-refractivity contribution in [2.45, 2.75) is 32.9 Å². The molecule has 0 aliphatic heterocycles. The molecule has 0 heterocycles. The molecule has 6 heteroatoms. The highest BCUT2D eigenvalue weighted by Crippen LogP contribution is 2.24. The second-order valence-electron chi connectivity index (χ2n) is 4.78. The van der Waals surface area contributed by atoms with Gasteiger partial charge in [-0.05, 0) is 32.9 Å². The largest absolute Gasteiger partial charge is 0.495 e. The van der Waals surface area contributed by atoms with Crippen molar-refractivity contribution in [2.24, 2.45) is 0 Å². The van der Waals surface area contributed by atoms with Crippen molar-refractivity contribution in [3.05, 3.63) is 23.8 Å². The van der Waals surface area contributed by atoms with Gasteiger partial charge in [0.15, 0.2) is 0 Å². The Bertz CT molecular complexity index is 500. The first-order chi connectivity index (χ1) is 9.36. The second kappa shape index (κ2) is 6.79. The highest BCUT2D eigenvalue weighted by Gasteiger charge is 2.19. The number of anilines is 1. The Hall–Kier alpha value is -2.24. The van der Waals surface area contributed by atoms with Crippen LogP contribution in [-0.4, -0.2) is 31.0 Å². The number of carbonyl (C=O) groups is 2. The van der Waals surface area contributed by atoms with Gasteiger partial charge in [-0.1, -0.05) is 6.07 Å². The van der Waals surface area contributed by atoms with E-state index in [9.17, 15) is 9.59 Å². The summed E-state index contributed by atoms with van der Waals surface area (Å²) in [4.78, 5) is 23.9. The minimum atomic E-state index is -0.643. The monoisotopic (exact) mass is 279 g/mol. The van der Waals surface area contributed by atoms with Gasteiger partial charge in [0, 0.05) is 6.04 Å². The smallest absolute Gasteiger partial charge is 0.254 e. The fourth-order valence-corrected chi connectivity index (χ4v) is 1.67. The molecule has 110 valence electrons. The summed E-state index contributed by atoms with van der Waals surface area (Å²) in [5, 5.41) is 5.33. The number of carbonyl (C=O) groups excluding carboxylic acids is 2. The average Bonchev–Trinajstić information content (AvgIpc) is 2.37. The number of amides is 2. The molecule has 0 spiro atoms. The summed E-state index contributed by atoms with van der Waals surface area (Å²) in [6.45, 7) is 5.32. The summed E-state index contributed by atoms with van der Waals surface area (Å²) in [6, 6.07) is 4.30. The minimum absolute atomic E-state index is 0.0174. The number of hydrogen-bond acceptors (Lipinski definition) is 4. The Morgan fingerprint density at radius 2 is 1.85 bits per heavy atom. The third-order valence-corrected chi connectivity index (χ3v) is 2.70. The standard InChI is InChI=1S/C14H21N3O3/c1-8(2)16-13(18)9(3)17-14(19)10-6-5-7-11(20-4)12(10)15/h5-9H,15H2,1-4H3,(H,16,18)(H,17,19). The zero-order valence-corrected chi connectivity index (χ0v) is 12.2. The Morgan fingerprint density at radius 1 is 1.20 bits per heavy atom. The summed E-state index contributed by atoms with van der Waals surface area (Å²) < 4.78 is 5.06. The molecule has 4 N–H and O–H groups in total. The fraction of sp³-hybridized carbons (Fsp3) is 0.429. The first kappa shape index (κ1) is 15.8. The number of rotatable bonds is 5. The van der Waals surface area contributed by atoms with E-state index in [1.54, 1.807) is 25.1 Å². The number of hydrogen-bond donors (Lipinski definition) is 3. The Balaban J connectivity index is 2.79. The Labute approximate surface area is 118 Å². The first-order valence-electron chi connectivity index (χ1n) is 6.40. The molecule has 0 aliphatic rings. The van der Waals surface area contributed by atoms with Crippen LogP contribution in [-0.2, 0) is 4.79 Å². The molecule has 0 saturated carbocycles. The molecule has 1 rings (SSSR count). The third-order valence-electron chi connectivity index (χ3n) is 2.70. The summed E-state index contributed by atoms with van der Waals surface area (Å²) in [6.07, 6.45) is 0. The van der Waals surface area contributed by atoms with E-state index < -0.39 is 11.9 Å². The fourth-order valence-electron chi connectivity index (χ4n) is 1.67. The molecule has 1 unspecified atom stereocenters. The first-order valence-corrected chi connectivity index (χ1v) is 6.40. The molecule has 2 amide bonds. The lowest BCUT2D eigenvalue weighted by Gasteiger charge is -2.17. The average molecular weight is 279 g/mol. The van der Waals surface area contributed by atoms with E-state index in [2.05, 4.69) is 10.6 Å². The molecule has 0 radical (unpaired) electrons. The summed E-state index contributed by atoms with van der Waals surface area (Å²) >= 11 is 0. The van der Waals surface area contributed by atoms with Crippen molar-refractivity contribution in [3.63, 3.8) is 0 Å². The lowest BCUT2D eigenvalue weighted by atomic mass is 10.1. The van der Waals surface area contributed by atoms with E-state index in [4.69, 9.17) is 10.5 Å². The molecule has 20 heavy (non-hydrogen) atoms. The van der Waals surface area contributed by atoms with Crippen molar-refractivity contribution in [1.82, 2.24) is 10.6 Å². The van der Waals surface area contributed by atoms with E-state index in [-0.39, 0.29) is 23.2 Å². The van der Waals surface area contributed by atoms with Crippen LogP contribution in [0.2, 0.25) is 0 Å². The van der Waals surface area contributed by atoms with Crippen molar-refractivity contribution in [2.75, 3.05) is 12.8 Å². The number of para-hydroxylation sites is 1. The van der Waals surface area contributed by atoms with E-state index in [0.29, 0.717) is 5.75 Å². The van der Waals surface area contributed by atoms with Crippen molar-refractivity contribution >= 4 is 17.5 Å². The molecule has 1 atom stereocenters. The zero-order valence-electron chi connectivity index (χ0n) is 12.2. The van der Waals surface area contributed by atoms with E-state index in [1.165, 1.54) is 7.11 Å². The third kappa shape index (κ3) is 3.88. The molecule has 0 aromatic heterocycles. The van der Waals surface area contributed by atoms with E-state index in [1.807, 2.05) is 13.8 Å². The van der Waals surface area contributed by atoms with Crippen LogP contribution in [0.15, 0.2) is 18.2 Å².